The van der Waals surface area contributed by atoms with Gasteiger partial charge in [-0.15, -0.1) is 0 Å². The van der Waals surface area contributed by atoms with Crippen LogP contribution in [0.3, 0.4) is 0 Å². The maximum atomic E-state index is 11.2. The van der Waals surface area contributed by atoms with Gasteiger partial charge in [0.25, 0.3) is 0 Å². The van der Waals surface area contributed by atoms with E-state index in [1.165, 1.54) is 22.9 Å². The molecular formula is C13H14N2O. The summed E-state index contributed by atoms with van der Waals surface area (Å²) < 4.78 is 0. The van der Waals surface area contributed by atoms with Crippen LogP contribution in [0.15, 0.2) is 29.2 Å². The average molecular weight is 214 g/mol. The van der Waals surface area contributed by atoms with Crippen LogP contribution in [0, 0.1) is 20.8 Å². The van der Waals surface area contributed by atoms with Gasteiger partial charge in [0, 0.05) is 11.8 Å². The van der Waals surface area contributed by atoms with Crippen LogP contribution in [0.4, 0.5) is 0 Å². The van der Waals surface area contributed by atoms with Crippen LogP contribution in [-0.2, 0) is 0 Å². The Bertz CT molecular complexity index is 585. The molecule has 0 radical (unpaired) electrons. The SMILES string of the molecule is Cc1ccc(-c2ccnc(=O)[nH]2)c(C)c1C. The third kappa shape index (κ3) is 1.76. The second-order valence-corrected chi connectivity index (χ2v) is 3.97. The topological polar surface area (TPSA) is 45.8 Å². The van der Waals surface area contributed by atoms with Crippen LogP contribution >= 0.6 is 0 Å². The molecule has 2 rings (SSSR count). The number of aromatic nitrogens is 2. The van der Waals surface area contributed by atoms with Crippen LogP contribution in [-0.4, -0.2) is 9.97 Å². The molecule has 0 saturated carbocycles. The quantitative estimate of drug-likeness (QED) is 0.792. The van der Waals surface area contributed by atoms with E-state index in [0.717, 1.165) is 11.3 Å². The number of nitrogens with one attached hydrogen (secondary N) is 1. The van der Waals surface area contributed by atoms with Crippen molar-refractivity contribution in [1.82, 2.24) is 9.97 Å². The Balaban J connectivity index is 2.66. The lowest BCUT2D eigenvalue weighted by atomic mass is 9.97. The number of nitrogens with zero attached hydrogens (tertiary/aromatic N) is 1. The molecule has 0 aliphatic carbocycles. The molecule has 0 aliphatic rings. The summed E-state index contributed by atoms with van der Waals surface area (Å²) in [6.07, 6.45) is 1.53. The highest BCUT2D eigenvalue weighted by Crippen LogP contribution is 2.24. The summed E-state index contributed by atoms with van der Waals surface area (Å²) in [5.41, 5.74) is 5.29. The smallest absolute Gasteiger partial charge is 0.305 e. The van der Waals surface area contributed by atoms with Crippen LogP contribution in [0.1, 0.15) is 16.7 Å². The predicted octanol–water partition coefficient (Wildman–Crippen LogP) is 2.36. The van der Waals surface area contributed by atoms with Gasteiger partial charge in [-0.2, -0.15) is 0 Å². The Morgan fingerprint density at radius 2 is 1.81 bits per heavy atom. The fourth-order valence-corrected chi connectivity index (χ4v) is 1.77. The molecule has 82 valence electrons. The van der Waals surface area contributed by atoms with E-state index >= 15 is 0 Å². The highest BCUT2D eigenvalue weighted by atomic mass is 16.1. The minimum Gasteiger partial charge on any atom is -0.305 e. The van der Waals surface area contributed by atoms with Crippen molar-refractivity contribution in [2.45, 2.75) is 20.8 Å². The van der Waals surface area contributed by atoms with Gasteiger partial charge in [0.15, 0.2) is 0 Å². The van der Waals surface area contributed by atoms with Crippen molar-refractivity contribution in [3.8, 4) is 11.3 Å². The van der Waals surface area contributed by atoms with Crippen LogP contribution in [0.25, 0.3) is 11.3 Å². The van der Waals surface area contributed by atoms with E-state index in [4.69, 9.17) is 0 Å². The number of rotatable bonds is 1. The molecule has 1 N–H and O–H groups in total. The molecule has 0 unspecified atom stereocenters. The Morgan fingerprint density at radius 3 is 2.50 bits per heavy atom. The summed E-state index contributed by atoms with van der Waals surface area (Å²) >= 11 is 0. The Labute approximate surface area is 94.2 Å². The third-order valence-corrected chi connectivity index (χ3v) is 3.02. The van der Waals surface area contributed by atoms with Crippen molar-refractivity contribution < 1.29 is 0 Å². The predicted molar refractivity (Wildman–Crippen MR) is 64.5 cm³/mol. The van der Waals surface area contributed by atoms with Crippen molar-refractivity contribution in [1.29, 1.82) is 0 Å². The standard InChI is InChI=1S/C13H14N2O/c1-8-4-5-11(10(3)9(8)2)12-6-7-14-13(16)15-12/h4-7H,1-3H3,(H,14,15,16). The number of hydrogen-bond acceptors (Lipinski definition) is 2. The van der Waals surface area contributed by atoms with Crippen LogP contribution in [0.2, 0.25) is 0 Å². The minimum absolute atomic E-state index is 0.310. The zero-order valence-corrected chi connectivity index (χ0v) is 9.66. The molecule has 0 aliphatic heterocycles. The molecule has 1 aromatic carbocycles. The van der Waals surface area contributed by atoms with Crippen molar-refractivity contribution in [3.05, 3.63) is 51.6 Å². The molecule has 2 aromatic rings. The Hall–Kier alpha value is -1.90. The van der Waals surface area contributed by atoms with Crippen molar-refractivity contribution >= 4 is 0 Å². The highest BCUT2D eigenvalue weighted by Gasteiger charge is 2.06. The minimum atomic E-state index is -0.310. The normalized spacial score (nSPS) is 10.4. The summed E-state index contributed by atoms with van der Waals surface area (Å²) in [7, 11) is 0. The number of benzene rings is 1. The third-order valence-electron chi connectivity index (χ3n) is 3.02. The summed E-state index contributed by atoms with van der Waals surface area (Å²) in [6.45, 7) is 6.24. The fourth-order valence-electron chi connectivity index (χ4n) is 1.77. The van der Waals surface area contributed by atoms with E-state index in [0.29, 0.717) is 0 Å². The monoisotopic (exact) mass is 214 g/mol. The number of hydrogen-bond donors (Lipinski definition) is 1. The van der Waals surface area contributed by atoms with Gasteiger partial charge in [-0.05, 0) is 43.5 Å². The van der Waals surface area contributed by atoms with E-state index in [-0.39, 0.29) is 5.69 Å². The second kappa shape index (κ2) is 3.93. The molecule has 3 heteroatoms. The molecule has 0 fully saturated rings. The summed E-state index contributed by atoms with van der Waals surface area (Å²) in [6, 6.07) is 5.91. The maximum Gasteiger partial charge on any atom is 0.345 e. The van der Waals surface area contributed by atoms with E-state index in [2.05, 4.69) is 36.8 Å². The van der Waals surface area contributed by atoms with Gasteiger partial charge in [0.2, 0.25) is 0 Å². The highest BCUT2D eigenvalue weighted by molar-refractivity contribution is 5.65. The molecule has 3 nitrogen and oxygen atoms in total. The van der Waals surface area contributed by atoms with Crippen LogP contribution < -0.4 is 5.69 Å². The lowest BCUT2D eigenvalue weighted by molar-refractivity contribution is 1.08. The van der Waals surface area contributed by atoms with Gasteiger partial charge in [-0.25, -0.2) is 9.78 Å². The molecule has 16 heavy (non-hydrogen) atoms. The van der Waals surface area contributed by atoms with E-state index in [1.54, 1.807) is 0 Å². The second-order valence-electron chi connectivity index (χ2n) is 3.97. The van der Waals surface area contributed by atoms with Crippen LogP contribution in [0.5, 0.6) is 0 Å². The molecule has 0 bridgehead atoms. The zero-order valence-electron chi connectivity index (χ0n) is 9.66. The first-order valence-corrected chi connectivity index (χ1v) is 5.22. The first-order valence-electron chi connectivity index (χ1n) is 5.22. The zero-order chi connectivity index (χ0) is 11.7. The van der Waals surface area contributed by atoms with Crippen molar-refractivity contribution in [3.63, 3.8) is 0 Å². The first-order chi connectivity index (χ1) is 7.59. The summed E-state index contributed by atoms with van der Waals surface area (Å²) in [5, 5.41) is 0. The van der Waals surface area contributed by atoms with Gasteiger partial charge >= 0.3 is 5.69 Å². The molecule has 0 saturated heterocycles. The molecule has 0 atom stereocenters. The lowest BCUT2D eigenvalue weighted by Gasteiger charge is -2.10. The maximum absolute atomic E-state index is 11.2. The van der Waals surface area contributed by atoms with Crippen molar-refractivity contribution in [2.24, 2.45) is 0 Å². The molecule has 1 heterocycles. The largest absolute Gasteiger partial charge is 0.345 e. The van der Waals surface area contributed by atoms with Gasteiger partial charge < -0.3 is 4.98 Å². The number of aryl methyl sites for hydroxylation is 1. The lowest BCUT2D eigenvalue weighted by Crippen LogP contribution is -2.09. The van der Waals surface area contributed by atoms with E-state index < -0.39 is 0 Å². The van der Waals surface area contributed by atoms with Gasteiger partial charge in [0.05, 0.1) is 5.69 Å². The van der Waals surface area contributed by atoms with Gasteiger partial charge in [0.1, 0.15) is 0 Å². The van der Waals surface area contributed by atoms with Gasteiger partial charge in [-0.3, -0.25) is 0 Å². The Kier molecular flexibility index (Phi) is 2.60. The number of H-pyrrole nitrogens is 1. The average Bonchev–Trinajstić information content (AvgIpc) is 2.26. The fraction of sp³-hybridized carbons (Fsp3) is 0.231. The molecule has 0 spiro atoms. The molecular weight excluding hydrogens is 200 g/mol. The van der Waals surface area contributed by atoms with Crippen molar-refractivity contribution in [2.75, 3.05) is 0 Å². The number of aromatic amines is 1. The molecule has 1 aromatic heterocycles. The first kappa shape index (κ1) is 10.6. The van der Waals surface area contributed by atoms with Gasteiger partial charge in [-0.1, -0.05) is 12.1 Å². The van der Waals surface area contributed by atoms with E-state index in [9.17, 15) is 4.79 Å². The summed E-state index contributed by atoms with van der Waals surface area (Å²) in [4.78, 5) is 17.5. The Morgan fingerprint density at radius 1 is 1.06 bits per heavy atom. The summed E-state index contributed by atoms with van der Waals surface area (Å²) in [5.74, 6) is 0. The molecule has 0 amide bonds. The van der Waals surface area contributed by atoms with E-state index in [1.807, 2.05) is 12.1 Å².